The summed E-state index contributed by atoms with van der Waals surface area (Å²) in [6.45, 7) is 5.88. The number of aryl methyl sites for hydroxylation is 2. The summed E-state index contributed by atoms with van der Waals surface area (Å²) >= 11 is 0. The molecule has 1 saturated heterocycles. The molecule has 7 heteroatoms. The van der Waals surface area contributed by atoms with E-state index in [1.54, 1.807) is 7.11 Å². The normalized spacial score (nSPS) is 18.4. The molecule has 1 fully saturated rings. The second-order valence-corrected chi connectivity index (χ2v) is 8.59. The summed E-state index contributed by atoms with van der Waals surface area (Å²) < 4.78 is 7.71. The minimum absolute atomic E-state index is 0.114. The number of amides is 1. The van der Waals surface area contributed by atoms with E-state index in [0.29, 0.717) is 19.0 Å². The fraction of sp³-hybridized carbons (Fsp3) is 0.400. The molecule has 0 unspecified atom stereocenters. The van der Waals surface area contributed by atoms with Crippen LogP contribution in [-0.4, -0.2) is 58.9 Å². The van der Waals surface area contributed by atoms with Gasteiger partial charge in [0.15, 0.2) is 0 Å². The van der Waals surface area contributed by atoms with Crippen LogP contribution >= 0.6 is 0 Å². The van der Waals surface area contributed by atoms with Gasteiger partial charge in [-0.25, -0.2) is 0 Å². The summed E-state index contributed by atoms with van der Waals surface area (Å²) in [6.07, 6.45) is 1.96. The minimum atomic E-state index is 0.114. The maximum absolute atomic E-state index is 13.3. The highest BCUT2D eigenvalue weighted by molar-refractivity contribution is 5.94. The molecule has 1 amide bonds. The van der Waals surface area contributed by atoms with Crippen LogP contribution in [0.25, 0.3) is 0 Å². The van der Waals surface area contributed by atoms with Crippen molar-refractivity contribution in [2.75, 3.05) is 38.2 Å². The lowest BCUT2D eigenvalue weighted by Gasteiger charge is -2.36. The number of piperazine rings is 1. The van der Waals surface area contributed by atoms with Crippen molar-refractivity contribution in [1.82, 2.24) is 19.7 Å². The van der Waals surface area contributed by atoms with Gasteiger partial charge >= 0.3 is 0 Å². The Morgan fingerprint density at radius 2 is 1.84 bits per heavy atom. The van der Waals surface area contributed by atoms with Gasteiger partial charge in [-0.05, 0) is 43.2 Å². The predicted molar refractivity (Wildman–Crippen MR) is 123 cm³/mol. The van der Waals surface area contributed by atoms with Crippen molar-refractivity contribution in [3.63, 3.8) is 0 Å². The van der Waals surface area contributed by atoms with Crippen LogP contribution in [0.2, 0.25) is 0 Å². The quantitative estimate of drug-likeness (QED) is 0.634. The number of aromatic nitrogens is 3. The largest absolute Gasteiger partial charge is 0.495 e. The van der Waals surface area contributed by atoms with Crippen LogP contribution in [0.5, 0.6) is 5.75 Å². The Labute approximate surface area is 188 Å². The Morgan fingerprint density at radius 1 is 1.03 bits per heavy atom. The first kappa shape index (κ1) is 20.5. The third kappa shape index (κ3) is 3.83. The molecule has 2 aromatic carbocycles. The monoisotopic (exact) mass is 431 g/mol. The maximum atomic E-state index is 13.3. The molecule has 0 aliphatic carbocycles. The topological polar surface area (TPSA) is 63.5 Å². The third-order valence-electron chi connectivity index (χ3n) is 6.73. The molecule has 0 spiro atoms. The number of nitrogens with zero attached hydrogens (tertiary/aromatic N) is 5. The number of carbonyl (C=O) groups is 1. The first-order valence-corrected chi connectivity index (χ1v) is 11.3. The summed E-state index contributed by atoms with van der Waals surface area (Å²) in [5.74, 6) is 3.40. The molecule has 3 heterocycles. The molecule has 0 bridgehead atoms. The highest BCUT2D eigenvalue weighted by Crippen LogP contribution is 2.30. The molecule has 7 nitrogen and oxygen atoms in total. The zero-order valence-electron chi connectivity index (χ0n) is 18.7. The van der Waals surface area contributed by atoms with Crippen molar-refractivity contribution in [1.29, 1.82) is 0 Å². The van der Waals surface area contributed by atoms with Crippen molar-refractivity contribution >= 4 is 11.6 Å². The fourth-order valence-electron chi connectivity index (χ4n) is 4.88. The van der Waals surface area contributed by atoms with E-state index in [2.05, 4.69) is 37.9 Å². The van der Waals surface area contributed by atoms with Crippen molar-refractivity contribution in [3.05, 3.63) is 71.3 Å². The number of fused-ring (bicyclic) bond motifs is 1. The van der Waals surface area contributed by atoms with Crippen LogP contribution in [0.4, 0.5) is 5.69 Å². The highest BCUT2D eigenvalue weighted by Gasteiger charge is 2.26. The highest BCUT2D eigenvalue weighted by atomic mass is 16.5. The number of benzene rings is 2. The van der Waals surface area contributed by atoms with E-state index in [-0.39, 0.29) is 5.91 Å². The third-order valence-corrected chi connectivity index (χ3v) is 6.73. The van der Waals surface area contributed by atoms with E-state index >= 15 is 0 Å². The smallest absolute Gasteiger partial charge is 0.253 e. The fourth-order valence-corrected chi connectivity index (χ4v) is 4.88. The maximum Gasteiger partial charge on any atom is 0.253 e. The Balaban J connectivity index is 1.26. The van der Waals surface area contributed by atoms with E-state index in [9.17, 15) is 4.79 Å². The van der Waals surface area contributed by atoms with Crippen LogP contribution in [0.1, 0.15) is 39.9 Å². The minimum Gasteiger partial charge on any atom is -0.495 e. The van der Waals surface area contributed by atoms with E-state index in [4.69, 9.17) is 4.74 Å². The second kappa shape index (κ2) is 8.65. The summed E-state index contributed by atoms with van der Waals surface area (Å²) in [4.78, 5) is 17.5. The number of hydrogen-bond acceptors (Lipinski definition) is 5. The molecule has 0 saturated carbocycles. The van der Waals surface area contributed by atoms with Gasteiger partial charge in [0.1, 0.15) is 17.4 Å². The van der Waals surface area contributed by atoms with Crippen LogP contribution in [0, 0.1) is 6.92 Å². The summed E-state index contributed by atoms with van der Waals surface area (Å²) in [6, 6.07) is 16.2. The van der Waals surface area contributed by atoms with Crippen molar-refractivity contribution in [2.24, 2.45) is 0 Å². The lowest BCUT2D eigenvalue weighted by molar-refractivity contribution is 0.0746. The standard InChI is InChI=1S/C25H29N5O2/c1-18-26-27-24-11-10-21(17-30(18)24)19-6-5-7-20(16-19)25(31)29-14-12-28(13-15-29)22-8-3-4-9-23(22)32-2/h3-9,16,21H,10-15,17H2,1-2H3/t21-/m0/s1. The first-order valence-electron chi connectivity index (χ1n) is 11.3. The van der Waals surface area contributed by atoms with E-state index < -0.39 is 0 Å². The lowest BCUT2D eigenvalue weighted by Crippen LogP contribution is -2.48. The molecule has 2 aliphatic rings. The van der Waals surface area contributed by atoms with E-state index in [1.807, 2.05) is 42.2 Å². The van der Waals surface area contributed by atoms with E-state index in [0.717, 1.165) is 61.1 Å². The molecule has 1 aromatic heterocycles. The van der Waals surface area contributed by atoms with Crippen LogP contribution in [0.3, 0.4) is 0 Å². The molecule has 5 rings (SSSR count). The number of para-hydroxylation sites is 2. The summed E-state index contributed by atoms with van der Waals surface area (Å²) in [5, 5.41) is 8.48. The Kier molecular flexibility index (Phi) is 5.55. The molecular weight excluding hydrogens is 402 g/mol. The van der Waals surface area contributed by atoms with Gasteiger partial charge in [0.05, 0.1) is 12.8 Å². The first-order chi connectivity index (χ1) is 15.6. The van der Waals surface area contributed by atoms with Crippen molar-refractivity contribution < 1.29 is 9.53 Å². The van der Waals surface area contributed by atoms with Gasteiger partial charge < -0.3 is 19.1 Å². The number of carbonyl (C=O) groups excluding carboxylic acids is 1. The number of anilines is 1. The Morgan fingerprint density at radius 3 is 2.66 bits per heavy atom. The average molecular weight is 432 g/mol. The van der Waals surface area contributed by atoms with Crippen LogP contribution in [-0.2, 0) is 13.0 Å². The van der Waals surface area contributed by atoms with Gasteiger partial charge in [0.2, 0.25) is 0 Å². The summed E-state index contributed by atoms with van der Waals surface area (Å²) in [7, 11) is 1.70. The zero-order valence-corrected chi connectivity index (χ0v) is 18.7. The van der Waals surface area contributed by atoms with Gasteiger partial charge in [-0.1, -0.05) is 24.3 Å². The predicted octanol–water partition coefficient (Wildman–Crippen LogP) is 3.29. The number of methoxy groups -OCH3 is 1. The molecule has 32 heavy (non-hydrogen) atoms. The molecule has 3 aromatic rings. The number of hydrogen-bond donors (Lipinski definition) is 0. The lowest BCUT2D eigenvalue weighted by atomic mass is 9.90. The molecule has 166 valence electrons. The van der Waals surface area contributed by atoms with Crippen LogP contribution in [0.15, 0.2) is 48.5 Å². The summed E-state index contributed by atoms with van der Waals surface area (Å²) in [5.41, 5.74) is 3.09. The van der Waals surface area contributed by atoms with Gasteiger partial charge in [-0.15, -0.1) is 10.2 Å². The SMILES string of the molecule is COc1ccccc1N1CCN(C(=O)c2cccc([C@H]3CCc4nnc(C)n4C3)c2)CC1. The van der Waals surface area contributed by atoms with Gasteiger partial charge in [-0.2, -0.15) is 0 Å². The molecule has 1 atom stereocenters. The Hall–Kier alpha value is -3.35. The Bertz CT molecular complexity index is 1120. The second-order valence-electron chi connectivity index (χ2n) is 8.59. The van der Waals surface area contributed by atoms with Crippen molar-refractivity contribution in [3.8, 4) is 5.75 Å². The van der Waals surface area contributed by atoms with Gasteiger partial charge in [0, 0.05) is 50.6 Å². The molecular formula is C25H29N5O2. The molecule has 0 N–H and O–H groups in total. The number of rotatable bonds is 4. The van der Waals surface area contributed by atoms with Gasteiger partial charge in [-0.3, -0.25) is 4.79 Å². The molecule has 2 aliphatic heterocycles. The van der Waals surface area contributed by atoms with Crippen molar-refractivity contribution in [2.45, 2.75) is 32.2 Å². The van der Waals surface area contributed by atoms with Crippen LogP contribution < -0.4 is 9.64 Å². The number of ether oxygens (including phenoxy) is 1. The van der Waals surface area contributed by atoms with E-state index in [1.165, 1.54) is 5.56 Å². The average Bonchev–Trinajstić information content (AvgIpc) is 3.23. The zero-order chi connectivity index (χ0) is 22.1. The van der Waals surface area contributed by atoms with Gasteiger partial charge in [0.25, 0.3) is 5.91 Å². The molecule has 0 radical (unpaired) electrons.